The van der Waals surface area contributed by atoms with Crippen molar-refractivity contribution in [1.82, 2.24) is 9.13 Å². The van der Waals surface area contributed by atoms with E-state index in [0.717, 1.165) is 13.1 Å². The number of rotatable bonds is 6. The second-order valence-corrected chi connectivity index (χ2v) is 3.90. The molecular weight excluding hydrogens is 184 g/mol. The molecule has 0 N–H and O–H groups in total. The Hall–Kier alpha value is -1.44. The molecule has 0 bridgehead atoms. The summed E-state index contributed by atoms with van der Waals surface area (Å²) in [4.78, 5) is 0. The van der Waals surface area contributed by atoms with Gasteiger partial charge in [-0.1, -0.05) is 0 Å². The van der Waals surface area contributed by atoms with E-state index in [1.165, 1.54) is 19.3 Å². The van der Waals surface area contributed by atoms with Gasteiger partial charge >= 0.3 is 0 Å². The highest BCUT2D eigenvalue weighted by Crippen LogP contribution is 2.02. The van der Waals surface area contributed by atoms with Crippen LogP contribution >= 0.6 is 0 Å². The lowest BCUT2D eigenvalue weighted by Crippen LogP contribution is -1.97. The molecule has 15 heavy (non-hydrogen) atoms. The van der Waals surface area contributed by atoms with Gasteiger partial charge in [0.05, 0.1) is 0 Å². The Labute approximate surface area is 91.2 Å². The molecule has 2 rings (SSSR count). The number of unbranched alkanes of at least 4 members (excludes halogenated alkanes) is 2. The summed E-state index contributed by atoms with van der Waals surface area (Å²) in [6.07, 6.45) is 12.4. The summed E-state index contributed by atoms with van der Waals surface area (Å²) in [5.74, 6) is 0. The van der Waals surface area contributed by atoms with Crippen LogP contribution in [0.1, 0.15) is 19.3 Å². The summed E-state index contributed by atoms with van der Waals surface area (Å²) in [6, 6.07) is 8.33. The van der Waals surface area contributed by atoms with Gasteiger partial charge in [-0.25, -0.2) is 0 Å². The van der Waals surface area contributed by atoms with E-state index in [1.807, 2.05) is 0 Å². The first-order valence-corrected chi connectivity index (χ1v) is 5.67. The van der Waals surface area contributed by atoms with E-state index in [1.54, 1.807) is 0 Å². The molecule has 0 aliphatic carbocycles. The number of aromatic nitrogens is 2. The first-order valence-electron chi connectivity index (χ1n) is 5.67. The van der Waals surface area contributed by atoms with Crippen molar-refractivity contribution in [3.8, 4) is 0 Å². The molecule has 2 nitrogen and oxygen atoms in total. The molecule has 0 amide bonds. The monoisotopic (exact) mass is 202 g/mol. The van der Waals surface area contributed by atoms with Crippen LogP contribution in [0.2, 0.25) is 0 Å². The zero-order chi connectivity index (χ0) is 10.3. The second-order valence-electron chi connectivity index (χ2n) is 3.90. The third-order valence-electron chi connectivity index (χ3n) is 2.67. The summed E-state index contributed by atoms with van der Waals surface area (Å²) >= 11 is 0. The van der Waals surface area contributed by atoms with Gasteiger partial charge in [0.2, 0.25) is 0 Å². The van der Waals surface area contributed by atoms with Crippen molar-refractivity contribution in [2.24, 2.45) is 0 Å². The number of aryl methyl sites for hydroxylation is 2. The van der Waals surface area contributed by atoms with Gasteiger partial charge in [-0.2, -0.15) is 0 Å². The summed E-state index contributed by atoms with van der Waals surface area (Å²) < 4.78 is 4.49. The summed E-state index contributed by atoms with van der Waals surface area (Å²) in [6.45, 7) is 2.30. The predicted molar refractivity (Wildman–Crippen MR) is 62.7 cm³/mol. The van der Waals surface area contributed by atoms with E-state index in [-0.39, 0.29) is 0 Å². The Morgan fingerprint density at radius 1 is 0.533 bits per heavy atom. The molecule has 0 aromatic carbocycles. The molecular formula is C13H18N2. The Balaban J connectivity index is 1.56. The van der Waals surface area contributed by atoms with Crippen molar-refractivity contribution in [3.63, 3.8) is 0 Å². The quantitative estimate of drug-likeness (QED) is 0.637. The second kappa shape index (κ2) is 5.44. The molecule has 0 spiro atoms. The molecule has 80 valence electrons. The van der Waals surface area contributed by atoms with Crippen molar-refractivity contribution >= 4 is 0 Å². The largest absolute Gasteiger partial charge is 0.354 e. The standard InChI is InChI=1S/C13H18N2/c1(2-8-14-10-4-5-11-14)3-9-15-12-6-7-13-15/h4-7,10-13H,1-3,8-9H2. The van der Waals surface area contributed by atoms with Crippen molar-refractivity contribution in [2.45, 2.75) is 32.4 Å². The van der Waals surface area contributed by atoms with E-state index in [2.05, 4.69) is 58.2 Å². The van der Waals surface area contributed by atoms with Gasteiger partial charge in [-0.05, 0) is 43.5 Å². The number of hydrogen-bond acceptors (Lipinski definition) is 0. The van der Waals surface area contributed by atoms with Crippen LogP contribution in [0.5, 0.6) is 0 Å². The average molecular weight is 202 g/mol. The smallest absolute Gasteiger partial charge is 0.0219 e. The highest BCUT2D eigenvalue weighted by Gasteiger charge is 1.92. The van der Waals surface area contributed by atoms with Crippen LogP contribution in [0, 0.1) is 0 Å². The number of hydrogen-bond donors (Lipinski definition) is 0. The molecule has 0 aliphatic heterocycles. The maximum Gasteiger partial charge on any atom is 0.0219 e. The summed E-state index contributed by atoms with van der Waals surface area (Å²) in [7, 11) is 0. The fourth-order valence-electron chi connectivity index (χ4n) is 1.80. The molecule has 0 fully saturated rings. The maximum absolute atomic E-state index is 2.25. The van der Waals surface area contributed by atoms with Gasteiger partial charge in [0.15, 0.2) is 0 Å². The van der Waals surface area contributed by atoms with Crippen LogP contribution in [-0.4, -0.2) is 9.13 Å². The zero-order valence-electron chi connectivity index (χ0n) is 9.05. The molecule has 0 unspecified atom stereocenters. The third-order valence-corrected chi connectivity index (χ3v) is 2.67. The molecule has 2 heteroatoms. The van der Waals surface area contributed by atoms with Gasteiger partial charge < -0.3 is 9.13 Å². The van der Waals surface area contributed by atoms with Crippen LogP contribution in [-0.2, 0) is 13.1 Å². The first-order chi connectivity index (χ1) is 7.45. The fourth-order valence-corrected chi connectivity index (χ4v) is 1.80. The first kappa shape index (κ1) is 10.1. The van der Waals surface area contributed by atoms with Gasteiger partial charge in [0, 0.05) is 37.9 Å². The Kier molecular flexibility index (Phi) is 3.66. The van der Waals surface area contributed by atoms with Crippen LogP contribution in [0.15, 0.2) is 49.1 Å². The van der Waals surface area contributed by atoms with E-state index in [0.29, 0.717) is 0 Å². The van der Waals surface area contributed by atoms with Crippen LogP contribution in [0.3, 0.4) is 0 Å². The molecule has 0 saturated heterocycles. The number of nitrogens with zero attached hydrogens (tertiary/aromatic N) is 2. The highest BCUT2D eigenvalue weighted by molar-refractivity contribution is 4.90. The fraction of sp³-hybridized carbons (Fsp3) is 0.385. The Bertz CT molecular complexity index is 310. The van der Waals surface area contributed by atoms with E-state index in [4.69, 9.17) is 0 Å². The summed E-state index contributed by atoms with van der Waals surface area (Å²) in [5.41, 5.74) is 0. The molecule has 0 aliphatic rings. The van der Waals surface area contributed by atoms with E-state index < -0.39 is 0 Å². The van der Waals surface area contributed by atoms with Gasteiger partial charge in [-0.3, -0.25) is 0 Å². The van der Waals surface area contributed by atoms with Crippen LogP contribution in [0.4, 0.5) is 0 Å². The Morgan fingerprint density at radius 3 is 1.33 bits per heavy atom. The van der Waals surface area contributed by atoms with Crippen molar-refractivity contribution < 1.29 is 0 Å². The lowest BCUT2D eigenvalue weighted by Gasteiger charge is -2.04. The van der Waals surface area contributed by atoms with Crippen molar-refractivity contribution in [2.75, 3.05) is 0 Å². The minimum atomic E-state index is 1.15. The van der Waals surface area contributed by atoms with Gasteiger partial charge in [-0.15, -0.1) is 0 Å². The lowest BCUT2D eigenvalue weighted by atomic mass is 10.2. The Morgan fingerprint density at radius 2 is 0.933 bits per heavy atom. The minimum Gasteiger partial charge on any atom is -0.354 e. The zero-order valence-corrected chi connectivity index (χ0v) is 9.05. The topological polar surface area (TPSA) is 9.86 Å². The average Bonchev–Trinajstić information content (AvgIpc) is 2.88. The van der Waals surface area contributed by atoms with Crippen LogP contribution in [0.25, 0.3) is 0 Å². The van der Waals surface area contributed by atoms with Gasteiger partial charge in [0.25, 0.3) is 0 Å². The lowest BCUT2D eigenvalue weighted by molar-refractivity contribution is 0.547. The van der Waals surface area contributed by atoms with Crippen molar-refractivity contribution in [3.05, 3.63) is 49.1 Å². The minimum absolute atomic E-state index is 1.15. The SMILES string of the molecule is c1ccn(CCCCCn2cccc2)c1. The third kappa shape index (κ3) is 3.31. The molecule has 2 heterocycles. The molecule has 2 aromatic rings. The summed E-state index contributed by atoms with van der Waals surface area (Å²) in [5, 5.41) is 0. The predicted octanol–water partition coefficient (Wildman–Crippen LogP) is 3.16. The maximum atomic E-state index is 2.25. The van der Waals surface area contributed by atoms with Gasteiger partial charge in [0.1, 0.15) is 0 Å². The molecule has 2 aromatic heterocycles. The molecule has 0 radical (unpaired) electrons. The highest BCUT2D eigenvalue weighted by atomic mass is 14.9. The molecule has 0 saturated carbocycles. The normalized spacial score (nSPS) is 10.7. The molecule has 0 atom stereocenters. The van der Waals surface area contributed by atoms with E-state index >= 15 is 0 Å². The van der Waals surface area contributed by atoms with Crippen LogP contribution < -0.4 is 0 Å². The van der Waals surface area contributed by atoms with Crippen molar-refractivity contribution in [1.29, 1.82) is 0 Å². The van der Waals surface area contributed by atoms with E-state index in [9.17, 15) is 0 Å².